The van der Waals surface area contributed by atoms with Crippen molar-refractivity contribution in [1.82, 2.24) is 19.6 Å². The highest BCUT2D eigenvalue weighted by Crippen LogP contribution is 2.46. The predicted molar refractivity (Wildman–Crippen MR) is 83.3 cm³/mol. The third-order valence-corrected chi connectivity index (χ3v) is 3.82. The van der Waals surface area contributed by atoms with Crippen LogP contribution in [-0.2, 0) is 14.1 Å². The quantitative estimate of drug-likeness (QED) is 0.773. The van der Waals surface area contributed by atoms with Crippen molar-refractivity contribution in [3.05, 3.63) is 34.4 Å². The first-order valence-corrected chi connectivity index (χ1v) is 7.23. The summed E-state index contributed by atoms with van der Waals surface area (Å²) in [4.78, 5) is 11.8. The number of nitrogens with one attached hydrogen (secondary N) is 1. The molecule has 2 heterocycles. The Labute approximate surface area is 129 Å². The number of nitrogens with zero attached hydrogens (tertiary/aromatic N) is 4. The second-order valence-electron chi connectivity index (χ2n) is 5.53. The van der Waals surface area contributed by atoms with Gasteiger partial charge >= 0.3 is 0 Å². The number of hydrogen-bond acceptors (Lipinski definition) is 5. The lowest BCUT2D eigenvalue weighted by Gasteiger charge is -2.09. The maximum absolute atomic E-state index is 11.8. The molecule has 0 spiro atoms. The zero-order valence-electron chi connectivity index (χ0n) is 12.7. The summed E-state index contributed by atoms with van der Waals surface area (Å²) in [6, 6.07) is 3.63. The largest absolute Gasteiger partial charge is 0.476 e. The molecule has 1 fully saturated rings. The molecule has 2 aromatic heterocycles. The van der Waals surface area contributed by atoms with Crippen molar-refractivity contribution >= 4 is 13.5 Å². The van der Waals surface area contributed by atoms with Crippen LogP contribution in [0.4, 0.5) is 5.69 Å². The van der Waals surface area contributed by atoms with E-state index < -0.39 is 0 Å². The Bertz CT molecular complexity index is 726. The molecule has 1 aliphatic rings. The Morgan fingerprint density at radius 1 is 1.45 bits per heavy atom. The van der Waals surface area contributed by atoms with Crippen molar-refractivity contribution in [2.45, 2.75) is 12.3 Å². The number of rotatable bonds is 6. The minimum Gasteiger partial charge on any atom is -0.476 e. The molecular weight excluding hydrogens is 281 g/mol. The van der Waals surface area contributed by atoms with E-state index in [0.29, 0.717) is 30.0 Å². The molecule has 2 radical (unpaired) electrons. The van der Waals surface area contributed by atoms with Gasteiger partial charge in [-0.15, -0.1) is 5.10 Å². The first kappa shape index (κ1) is 14.7. The maximum Gasteiger partial charge on any atom is 0.290 e. The molecule has 8 heteroatoms. The fourth-order valence-corrected chi connectivity index (χ4v) is 2.51. The van der Waals surface area contributed by atoms with Gasteiger partial charge in [0, 0.05) is 38.2 Å². The first-order valence-electron chi connectivity index (χ1n) is 7.23. The fourth-order valence-electron chi connectivity index (χ4n) is 2.51. The molecule has 2 aromatic rings. The van der Waals surface area contributed by atoms with E-state index in [9.17, 15) is 4.79 Å². The molecule has 1 saturated carbocycles. The van der Waals surface area contributed by atoms with Crippen LogP contribution in [0.2, 0.25) is 0 Å². The Kier molecular flexibility index (Phi) is 3.91. The molecule has 3 rings (SSSR count). The molecule has 22 heavy (non-hydrogen) atoms. The molecule has 0 aromatic carbocycles. The average molecular weight is 299 g/mol. The van der Waals surface area contributed by atoms with Crippen LogP contribution in [0, 0.1) is 5.92 Å². The number of aryl methyl sites for hydroxylation is 2. The summed E-state index contributed by atoms with van der Waals surface area (Å²) in [5.74, 6) is 1.32. The van der Waals surface area contributed by atoms with Gasteiger partial charge in [-0.1, -0.05) is 0 Å². The van der Waals surface area contributed by atoms with Gasteiger partial charge in [-0.25, -0.2) is 4.68 Å². The van der Waals surface area contributed by atoms with Gasteiger partial charge in [0.15, 0.2) is 0 Å². The van der Waals surface area contributed by atoms with E-state index in [2.05, 4.69) is 15.5 Å². The Hall–Kier alpha value is -2.25. The van der Waals surface area contributed by atoms with Crippen molar-refractivity contribution in [2.75, 3.05) is 18.4 Å². The fraction of sp³-hybridized carbons (Fsp3) is 0.500. The predicted octanol–water partition coefficient (Wildman–Crippen LogP) is 0.234. The molecule has 0 amide bonds. The van der Waals surface area contributed by atoms with E-state index in [4.69, 9.17) is 12.6 Å². The molecule has 7 nitrogen and oxygen atoms in total. The Morgan fingerprint density at radius 3 is 2.95 bits per heavy atom. The Morgan fingerprint density at radius 2 is 2.27 bits per heavy atom. The first-order chi connectivity index (χ1) is 10.6. The molecule has 1 N–H and O–H groups in total. The topological polar surface area (TPSA) is 74.0 Å². The average Bonchev–Trinajstić information content (AvgIpc) is 3.14. The van der Waals surface area contributed by atoms with Crippen LogP contribution in [0.25, 0.3) is 0 Å². The van der Waals surface area contributed by atoms with Crippen molar-refractivity contribution in [1.29, 1.82) is 0 Å². The van der Waals surface area contributed by atoms with Crippen LogP contribution in [0.5, 0.6) is 5.88 Å². The molecule has 2 atom stereocenters. The summed E-state index contributed by atoms with van der Waals surface area (Å²) in [5, 5.41) is 11.3. The van der Waals surface area contributed by atoms with E-state index >= 15 is 0 Å². The minimum absolute atomic E-state index is 0.184. The summed E-state index contributed by atoms with van der Waals surface area (Å²) < 4.78 is 8.78. The number of hydrogen-bond donors (Lipinski definition) is 1. The lowest BCUT2D eigenvalue weighted by Crippen LogP contribution is -2.24. The van der Waals surface area contributed by atoms with Gasteiger partial charge in [-0.05, 0) is 18.9 Å². The summed E-state index contributed by atoms with van der Waals surface area (Å²) in [5.41, 5.74) is 1.28. The van der Waals surface area contributed by atoms with Gasteiger partial charge in [0.05, 0.1) is 20.1 Å². The van der Waals surface area contributed by atoms with Crippen LogP contribution in [0.1, 0.15) is 18.0 Å². The SMILES string of the molecule is [B]CNc1cc(OCC2CC2c2ccn(C)n2)nn(C)c1=O. The molecule has 114 valence electrons. The highest BCUT2D eigenvalue weighted by molar-refractivity contribution is 6.10. The van der Waals surface area contributed by atoms with Crippen LogP contribution in [0.15, 0.2) is 23.1 Å². The lowest BCUT2D eigenvalue weighted by atomic mass is 10.1. The molecule has 1 aliphatic carbocycles. The summed E-state index contributed by atoms with van der Waals surface area (Å²) >= 11 is 0. The molecule has 0 saturated heterocycles. The number of aromatic nitrogens is 4. The zero-order chi connectivity index (χ0) is 15.7. The molecule has 0 bridgehead atoms. The van der Waals surface area contributed by atoms with E-state index in [1.54, 1.807) is 13.1 Å². The van der Waals surface area contributed by atoms with Gasteiger partial charge in [0.25, 0.3) is 5.56 Å². The summed E-state index contributed by atoms with van der Waals surface area (Å²) in [7, 11) is 8.92. The van der Waals surface area contributed by atoms with Gasteiger partial charge < -0.3 is 10.1 Å². The molecule has 0 aliphatic heterocycles. The van der Waals surface area contributed by atoms with Crippen molar-refractivity contribution in [2.24, 2.45) is 20.0 Å². The smallest absolute Gasteiger partial charge is 0.290 e. The van der Waals surface area contributed by atoms with E-state index in [1.807, 2.05) is 24.0 Å². The maximum atomic E-state index is 11.8. The monoisotopic (exact) mass is 299 g/mol. The van der Waals surface area contributed by atoms with Crippen molar-refractivity contribution < 1.29 is 4.74 Å². The number of anilines is 1. The van der Waals surface area contributed by atoms with Crippen LogP contribution in [0.3, 0.4) is 0 Å². The summed E-state index contributed by atoms with van der Waals surface area (Å²) in [6.45, 7) is 0.564. The molecule has 2 unspecified atom stereocenters. The van der Waals surface area contributed by atoms with Crippen molar-refractivity contribution in [3.63, 3.8) is 0 Å². The van der Waals surface area contributed by atoms with E-state index in [1.165, 1.54) is 4.68 Å². The standard InChI is InChI=1S/C14H18BN5O2/c1-19-4-3-11(17-19)10-5-9(10)7-22-13-6-12(16-8-15)14(21)20(2)18-13/h3-4,6,9-10,16H,5,7-8H2,1-2H3. The zero-order valence-corrected chi connectivity index (χ0v) is 12.7. The highest BCUT2D eigenvalue weighted by Gasteiger charge is 2.40. The van der Waals surface area contributed by atoms with Gasteiger partial charge in [0.2, 0.25) is 5.88 Å². The van der Waals surface area contributed by atoms with Crippen molar-refractivity contribution in [3.8, 4) is 5.88 Å². The van der Waals surface area contributed by atoms with Gasteiger partial charge in [-0.3, -0.25) is 9.48 Å². The van der Waals surface area contributed by atoms with E-state index in [-0.39, 0.29) is 12.0 Å². The Balaban J connectivity index is 1.62. The lowest BCUT2D eigenvalue weighted by molar-refractivity contribution is 0.278. The van der Waals surface area contributed by atoms with Gasteiger partial charge in [-0.2, -0.15) is 5.10 Å². The second-order valence-corrected chi connectivity index (χ2v) is 5.53. The van der Waals surface area contributed by atoms with Crippen LogP contribution >= 0.6 is 0 Å². The van der Waals surface area contributed by atoms with Crippen LogP contribution in [-0.4, -0.2) is 40.5 Å². The second kappa shape index (κ2) is 5.86. The normalized spacial score (nSPS) is 19.9. The number of ether oxygens (including phenoxy) is 1. The highest BCUT2D eigenvalue weighted by atomic mass is 16.5. The van der Waals surface area contributed by atoms with E-state index in [0.717, 1.165) is 12.1 Å². The minimum atomic E-state index is -0.226. The summed E-state index contributed by atoms with van der Waals surface area (Å²) in [6.07, 6.45) is 3.20. The molecular formula is C14H18BN5O2. The third kappa shape index (κ3) is 3.00. The van der Waals surface area contributed by atoms with Crippen LogP contribution < -0.4 is 15.6 Å². The van der Waals surface area contributed by atoms with Gasteiger partial charge in [0.1, 0.15) is 5.69 Å². The third-order valence-electron chi connectivity index (χ3n) is 3.82.